The molecule has 0 aliphatic heterocycles. The number of aromatic nitrogens is 1. The number of nitrogens with one attached hydrogen (secondary N) is 1. The third-order valence-electron chi connectivity index (χ3n) is 5.19. The quantitative estimate of drug-likeness (QED) is 0.338. The summed E-state index contributed by atoms with van der Waals surface area (Å²) in [6.45, 7) is 0.376. The van der Waals surface area contributed by atoms with Crippen LogP contribution in [-0.4, -0.2) is 28.6 Å². The Balaban J connectivity index is 1.84. The summed E-state index contributed by atoms with van der Waals surface area (Å²) >= 11 is 5.74. The van der Waals surface area contributed by atoms with Gasteiger partial charge in [0.2, 0.25) is 0 Å². The van der Waals surface area contributed by atoms with Crippen LogP contribution in [0.15, 0.2) is 60.4 Å². The highest BCUT2D eigenvalue weighted by Gasteiger charge is 2.41. The molecule has 28 heavy (non-hydrogen) atoms. The highest BCUT2D eigenvalue weighted by Crippen LogP contribution is 2.44. The number of hydrogen-bond acceptors (Lipinski definition) is 5. The molecule has 7 heteroatoms. The molecule has 0 spiro atoms. The minimum atomic E-state index is -0.422. The molecule has 1 heterocycles. The van der Waals surface area contributed by atoms with E-state index in [2.05, 4.69) is 22.4 Å². The molecule has 0 saturated heterocycles. The van der Waals surface area contributed by atoms with Gasteiger partial charge >= 0.3 is 0 Å². The molecular formula is C21H23N3O3S. The van der Waals surface area contributed by atoms with Gasteiger partial charge < -0.3 is 10.1 Å². The largest absolute Gasteiger partial charge is 0.490 e. The smallest absolute Gasteiger partial charge is 0.269 e. The Morgan fingerprint density at radius 2 is 2.14 bits per heavy atom. The highest BCUT2D eigenvalue weighted by molar-refractivity contribution is 7.80. The normalized spacial score (nSPS) is 20.5. The van der Waals surface area contributed by atoms with Crippen molar-refractivity contribution in [3.05, 3.63) is 76.1 Å². The molecule has 3 rings (SSSR count). The van der Waals surface area contributed by atoms with Crippen LogP contribution in [0, 0.1) is 10.1 Å². The summed E-state index contributed by atoms with van der Waals surface area (Å²) in [5, 5.41) is 14.0. The van der Waals surface area contributed by atoms with Crippen molar-refractivity contribution < 1.29 is 9.66 Å². The van der Waals surface area contributed by atoms with Crippen LogP contribution in [-0.2, 0) is 5.41 Å². The number of nitro groups is 1. The van der Waals surface area contributed by atoms with Crippen LogP contribution >= 0.6 is 12.2 Å². The first-order valence-electron chi connectivity index (χ1n) is 9.27. The van der Waals surface area contributed by atoms with Gasteiger partial charge in [-0.2, -0.15) is 0 Å². The number of thiocarbonyl (C=S) groups is 1. The minimum absolute atomic E-state index is 0.0490. The third-order valence-corrected chi connectivity index (χ3v) is 5.74. The SMILES string of the molecule is CNC(=S)C1(c2cccnc2)CCCC/C1=C\COc1ccc([N+](=O)[O-])cc1. The number of likely N-dealkylation sites (N-methyl/N-ethyl adjacent to an activating group) is 1. The van der Waals surface area contributed by atoms with Gasteiger partial charge in [0.05, 0.1) is 15.3 Å². The van der Waals surface area contributed by atoms with Crippen LogP contribution < -0.4 is 10.1 Å². The molecule has 1 fully saturated rings. The Labute approximate surface area is 169 Å². The molecule has 1 N–H and O–H groups in total. The van der Waals surface area contributed by atoms with E-state index in [9.17, 15) is 10.1 Å². The summed E-state index contributed by atoms with van der Waals surface area (Å²) in [6.07, 6.45) is 9.83. The number of non-ortho nitro benzene ring substituents is 1. The predicted octanol–water partition coefficient (Wildman–Crippen LogP) is 4.35. The lowest BCUT2D eigenvalue weighted by Gasteiger charge is -2.40. The van der Waals surface area contributed by atoms with Crippen LogP contribution in [0.4, 0.5) is 5.69 Å². The Bertz CT molecular complexity index is 868. The monoisotopic (exact) mass is 397 g/mol. The maximum Gasteiger partial charge on any atom is 0.269 e. The second-order valence-electron chi connectivity index (χ2n) is 6.72. The van der Waals surface area contributed by atoms with Crippen molar-refractivity contribution in [2.24, 2.45) is 0 Å². The highest BCUT2D eigenvalue weighted by atomic mass is 32.1. The van der Waals surface area contributed by atoms with Crippen LogP contribution in [0.1, 0.15) is 31.2 Å². The zero-order chi connectivity index (χ0) is 20.0. The average Bonchev–Trinajstić information content (AvgIpc) is 2.74. The molecule has 0 radical (unpaired) electrons. The van der Waals surface area contributed by atoms with E-state index in [0.717, 1.165) is 36.2 Å². The Kier molecular flexibility index (Phi) is 6.36. The van der Waals surface area contributed by atoms with Gasteiger partial charge in [-0.3, -0.25) is 15.1 Å². The maximum atomic E-state index is 10.8. The van der Waals surface area contributed by atoms with Gasteiger partial charge in [0.25, 0.3) is 5.69 Å². The number of nitro benzene ring substituents is 1. The molecule has 2 aromatic rings. The molecule has 1 aromatic heterocycles. The van der Waals surface area contributed by atoms with Crippen molar-refractivity contribution in [3.8, 4) is 5.75 Å². The van der Waals surface area contributed by atoms with Crippen molar-refractivity contribution in [1.29, 1.82) is 0 Å². The lowest BCUT2D eigenvalue weighted by atomic mass is 9.66. The van der Waals surface area contributed by atoms with Gasteiger partial charge in [0.15, 0.2) is 0 Å². The second-order valence-corrected chi connectivity index (χ2v) is 7.13. The number of ether oxygens (including phenoxy) is 1. The first-order chi connectivity index (χ1) is 13.6. The number of benzene rings is 1. The molecule has 1 atom stereocenters. The summed E-state index contributed by atoms with van der Waals surface area (Å²) in [4.78, 5) is 15.4. The number of rotatable bonds is 6. The third kappa shape index (κ3) is 4.04. The lowest BCUT2D eigenvalue weighted by molar-refractivity contribution is -0.384. The van der Waals surface area contributed by atoms with Crippen molar-refractivity contribution in [2.75, 3.05) is 13.7 Å². The molecule has 1 aliphatic carbocycles. The number of pyridine rings is 1. The molecule has 1 aliphatic rings. The zero-order valence-corrected chi connectivity index (χ0v) is 16.6. The maximum absolute atomic E-state index is 10.8. The first kappa shape index (κ1) is 19.9. The molecule has 0 amide bonds. The molecule has 1 aromatic carbocycles. The fourth-order valence-corrected chi connectivity index (χ4v) is 4.16. The first-order valence-corrected chi connectivity index (χ1v) is 9.68. The van der Waals surface area contributed by atoms with E-state index in [4.69, 9.17) is 17.0 Å². The Morgan fingerprint density at radius 3 is 2.79 bits per heavy atom. The molecular weight excluding hydrogens is 374 g/mol. The van der Waals surface area contributed by atoms with Gasteiger partial charge in [-0.25, -0.2) is 0 Å². The van der Waals surface area contributed by atoms with E-state index in [1.165, 1.54) is 17.7 Å². The van der Waals surface area contributed by atoms with Crippen LogP contribution in [0.2, 0.25) is 0 Å². The van der Waals surface area contributed by atoms with Gasteiger partial charge in [-0.1, -0.05) is 30.3 Å². The van der Waals surface area contributed by atoms with Crippen LogP contribution in [0.25, 0.3) is 0 Å². The van der Waals surface area contributed by atoms with Gasteiger partial charge in [0, 0.05) is 31.6 Å². The second kappa shape index (κ2) is 8.93. The van der Waals surface area contributed by atoms with E-state index < -0.39 is 4.92 Å². The van der Waals surface area contributed by atoms with E-state index >= 15 is 0 Å². The summed E-state index contributed by atoms with van der Waals surface area (Å²) in [7, 11) is 1.86. The van der Waals surface area contributed by atoms with Crippen LogP contribution in [0.3, 0.4) is 0 Å². The lowest BCUT2D eigenvalue weighted by Crippen LogP contribution is -2.45. The van der Waals surface area contributed by atoms with Crippen molar-refractivity contribution in [1.82, 2.24) is 10.3 Å². The van der Waals surface area contributed by atoms with Crippen LogP contribution in [0.5, 0.6) is 5.75 Å². The molecule has 1 saturated carbocycles. The van der Waals surface area contributed by atoms with Crippen molar-refractivity contribution >= 4 is 22.9 Å². The van der Waals surface area contributed by atoms with E-state index in [0.29, 0.717) is 12.4 Å². The summed E-state index contributed by atoms with van der Waals surface area (Å²) in [6, 6.07) is 10.1. The van der Waals surface area contributed by atoms with Crippen molar-refractivity contribution in [3.63, 3.8) is 0 Å². The summed E-state index contributed by atoms with van der Waals surface area (Å²) in [5.74, 6) is 0.599. The van der Waals surface area contributed by atoms with Crippen molar-refractivity contribution in [2.45, 2.75) is 31.1 Å². The standard InChI is InChI=1S/C21H23N3O3S/c1-22-20(28)21(17-6-4-13-23-15-17)12-3-2-5-16(21)11-14-27-19-9-7-18(8-10-19)24(25)26/h4,6-11,13,15H,2-3,5,12,14H2,1H3,(H,22,28)/b16-11+. The number of hydrogen-bond donors (Lipinski definition) is 1. The molecule has 6 nitrogen and oxygen atoms in total. The molecule has 0 bridgehead atoms. The molecule has 1 unspecified atom stereocenters. The Hall–Kier alpha value is -2.80. The van der Waals surface area contributed by atoms with Gasteiger partial charge in [-0.15, -0.1) is 0 Å². The summed E-state index contributed by atoms with van der Waals surface area (Å²) < 4.78 is 5.81. The van der Waals surface area contributed by atoms with Gasteiger partial charge in [0.1, 0.15) is 12.4 Å². The van der Waals surface area contributed by atoms with E-state index in [-0.39, 0.29) is 11.1 Å². The topological polar surface area (TPSA) is 77.3 Å². The number of nitrogens with zero attached hydrogens (tertiary/aromatic N) is 2. The predicted molar refractivity (Wildman–Crippen MR) is 113 cm³/mol. The molecule has 146 valence electrons. The van der Waals surface area contributed by atoms with Gasteiger partial charge in [-0.05, 0) is 49.1 Å². The Morgan fingerprint density at radius 1 is 1.36 bits per heavy atom. The average molecular weight is 398 g/mol. The summed E-state index contributed by atoms with van der Waals surface area (Å²) in [5.41, 5.74) is 2.01. The van der Waals surface area contributed by atoms with E-state index in [1.54, 1.807) is 18.3 Å². The zero-order valence-electron chi connectivity index (χ0n) is 15.8. The fraction of sp³-hybridized carbons (Fsp3) is 0.333. The fourth-order valence-electron chi connectivity index (χ4n) is 3.81. The van der Waals surface area contributed by atoms with E-state index in [1.807, 2.05) is 19.3 Å². The minimum Gasteiger partial charge on any atom is -0.490 e.